The lowest BCUT2D eigenvalue weighted by atomic mass is 10.1. The molecular formula is C12H20BrN3O3. The number of aliphatic hydroxyl groups excluding tert-OH is 1. The van der Waals surface area contributed by atoms with Crippen LogP contribution in [-0.4, -0.2) is 40.7 Å². The number of aliphatic hydroxyl groups is 1. The SMILES string of the molecule is COCCn1ncc(NC(C)CC(C)O)c(Br)c1=O. The molecule has 0 aliphatic rings. The number of nitrogens with zero attached hydrogens (tertiary/aromatic N) is 2. The van der Waals surface area contributed by atoms with Gasteiger partial charge < -0.3 is 15.2 Å². The highest BCUT2D eigenvalue weighted by atomic mass is 79.9. The molecule has 19 heavy (non-hydrogen) atoms. The van der Waals surface area contributed by atoms with Gasteiger partial charge in [0.25, 0.3) is 5.56 Å². The van der Waals surface area contributed by atoms with Gasteiger partial charge >= 0.3 is 0 Å². The predicted octanol–water partition coefficient (Wildman–Crippen LogP) is 1.22. The minimum absolute atomic E-state index is 0.0484. The topological polar surface area (TPSA) is 76.4 Å². The number of aromatic nitrogens is 2. The van der Waals surface area contributed by atoms with Crippen molar-refractivity contribution in [3.8, 4) is 0 Å². The fraction of sp³-hybridized carbons (Fsp3) is 0.667. The Morgan fingerprint density at radius 2 is 2.26 bits per heavy atom. The van der Waals surface area contributed by atoms with E-state index in [0.717, 1.165) is 0 Å². The molecule has 0 aromatic carbocycles. The van der Waals surface area contributed by atoms with Gasteiger partial charge in [0.2, 0.25) is 0 Å². The molecule has 7 heteroatoms. The average molecular weight is 334 g/mol. The van der Waals surface area contributed by atoms with Crippen LogP contribution in [0.15, 0.2) is 15.5 Å². The van der Waals surface area contributed by atoms with Crippen LogP contribution >= 0.6 is 15.9 Å². The van der Waals surface area contributed by atoms with Crippen molar-refractivity contribution in [3.63, 3.8) is 0 Å². The molecule has 1 aromatic heterocycles. The largest absolute Gasteiger partial charge is 0.393 e. The van der Waals surface area contributed by atoms with E-state index in [1.165, 1.54) is 4.68 Å². The molecule has 0 radical (unpaired) electrons. The van der Waals surface area contributed by atoms with Crippen LogP contribution in [0.5, 0.6) is 0 Å². The Bertz CT molecular complexity index is 462. The zero-order chi connectivity index (χ0) is 14.4. The minimum atomic E-state index is -0.392. The first kappa shape index (κ1) is 16.1. The first-order valence-electron chi connectivity index (χ1n) is 6.14. The van der Waals surface area contributed by atoms with Crippen LogP contribution in [0.2, 0.25) is 0 Å². The molecule has 2 atom stereocenters. The molecule has 0 aliphatic heterocycles. The van der Waals surface area contributed by atoms with E-state index in [9.17, 15) is 9.90 Å². The molecule has 0 spiro atoms. The lowest BCUT2D eigenvalue weighted by molar-refractivity contribution is 0.179. The second-order valence-electron chi connectivity index (χ2n) is 4.52. The van der Waals surface area contributed by atoms with Crippen LogP contribution in [0.4, 0.5) is 5.69 Å². The Morgan fingerprint density at radius 3 is 2.84 bits per heavy atom. The van der Waals surface area contributed by atoms with E-state index in [4.69, 9.17) is 4.74 Å². The third-order valence-electron chi connectivity index (χ3n) is 2.59. The van der Waals surface area contributed by atoms with Crippen LogP contribution in [0, 0.1) is 0 Å². The summed E-state index contributed by atoms with van der Waals surface area (Å²) in [6.07, 6.45) is 1.80. The summed E-state index contributed by atoms with van der Waals surface area (Å²) in [5.74, 6) is 0. The van der Waals surface area contributed by atoms with Gasteiger partial charge in [-0.25, -0.2) is 4.68 Å². The summed E-state index contributed by atoms with van der Waals surface area (Å²) in [4.78, 5) is 12.0. The van der Waals surface area contributed by atoms with E-state index >= 15 is 0 Å². The Morgan fingerprint density at radius 1 is 1.58 bits per heavy atom. The van der Waals surface area contributed by atoms with Gasteiger partial charge in [-0.05, 0) is 36.2 Å². The normalized spacial score (nSPS) is 14.2. The number of halogens is 1. The van der Waals surface area contributed by atoms with E-state index in [1.807, 2.05) is 6.92 Å². The van der Waals surface area contributed by atoms with E-state index in [-0.39, 0.29) is 11.6 Å². The van der Waals surface area contributed by atoms with Gasteiger partial charge in [-0.3, -0.25) is 4.79 Å². The molecule has 1 rings (SSSR count). The highest BCUT2D eigenvalue weighted by molar-refractivity contribution is 9.10. The summed E-state index contributed by atoms with van der Waals surface area (Å²) in [7, 11) is 1.58. The first-order valence-corrected chi connectivity index (χ1v) is 6.94. The summed E-state index contributed by atoms with van der Waals surface area (Å²) >= 11 is 3.28. The van der Waals surface area contributed by atoms with Crippen molar-refractivity contribution in [2.75, 3.05) is 19.0 Å². The van der Waals surface area contributed by atoms with E-state index < -0.39 is 6.10 Å². The highest BCUT2D eigenvalue weighted by Crippen LogP contribution is 2.18. The fourth-order valence-electron chi connectivity index (χ4n) is 1.74. The van der Waals surface area contributed by atoms with E-state index in [2.05, 4.69) is 26.3 Å². The molecule has 1 aromatic rings. The quantitative estimate of drug-likeness (QED) is 0.784. The van der Waals surface area contributed by atoms with Gasteiger partial charge in [0.15, 0.2) is 0 Å². The van der Waals surface area contributed by atoms with Gasteiger partial charge in [-0.1, -0.05) is 0 Å². The molecule has 0 aliphatic carbocycles. The maximum Gasteiger partial charge on any atom is 0.283 e. The van der Waals surface area contributed by atoms with Gasteiger partial charge in [-0.15, -0.1) is 0 Å². The molecule has 0 saturated carbocycles. The zero-order valence-corrected chi connectivity index (χ0v) is 13.0. The Hall–Kier alpha value is -0.920. The maximum atomic E-state index is 12.0. The van der Waals surface area contributed by atoms with Crippen molar-refractivity contribution in [1.82, 2.24) is 9.78 Å². The Balaban J connectivity index is 2.81. The Labute approximate surface area is 120 Å². The number of hydrogen-bond acceptors (Lipinski definition) is 5. The molecule has 6 nitrogen and oxygen atoms in total. The molecule has 1 heterocycles. The summed E-state index contributed by atoms with van der Waals surface area (Å²) < 4.78 is 6.71. The lowest BCUT2D eigenvalue weighted by Gasteiger charge is -2.17. The van der Waals surface area contributed by atoms with Crippen molar-refractivity contribution >= 4 is 21.6 Å². The second kappa shape index (κ2) is 7.62. The molecule has 0 saturated heterocycles. The maximum absolute atomic E-state index is 12.0. The third kappa shape index (κ3) is 4.93. The molecule has 0 bridgehead atoms. The van der Waals surface area contributed by atoms with Crippen molar-refractivity contribution in [2.45, 2.75) is 39.0 Å². The van der Waals surface area contributed by atoms with Crippen molar-refractivity contribution < 1.29 is 9.84 Å². The number of rotatable bonds is 7. The molecule has 0 fully saturated rings. The summed E-state index contributed by atoms with van der Waals surface area (Å²) in [6, 6.07) is 0.0484. The summed E-state index contributed by atoms with van der Waals surface area (Å²) in [6.45, 7) is 4.52. The number of nitrogens with one attached hydrogen (secondary N) is 1. The van der Waals surface area contributed by atoms with Crippen LogP contribution in [-0.2, 0) is 11.3 Å². The monoisotopic (exact) mass is 333 g/mol. The fourth-order valence-corrected chi connectivity index (χ4v) is 2.16. The molecule has 108 valence electrons. The lowest BCUT2D eigenvalue weighted by Crippen LogP contribution is -2.28. The van der Waals surface area contributed by atoms with Crippen molar-refractivity contribution in [2.24, 2.45) is 0 Å². The van der Waals surface area contributed by atoms with Crippen molar-refractivity contribution in [1.29, 1.82) is 0 Å². The average Bonchev–Trinajstić information content (AvgIpc) is 2.33. The van der Waals surface area contributed by atoms with Gasteiger partial charge in [-0.2, -0.15) is 5.10 Å². The number of hydrogen-bond donors (Lipinski definition) is 2. The number of methoxy groups -OCH3 is 1. The predicted molar refractivity (Wildman–Crippen MR) is 77.5 cm³/mol. The molecular weight excluding hydrogens is 314 g/mol. The minimum Gasteiger partial charge on any atom is -0.393 e. The molecule has 0 amide bonds. The van der Waals surface area contributed by atoms with Crippen LogP contribution in [0.3, 0.4) is 0 Å². The van der Waals surface area contributed by atoms with Crippen molar-refractivity contribution in [3.05, 3.63) is 21.0 Å². The van der Waals surface area contributed by atoms with Crippen LogP contribution in [0.25, 0.3) is 0 Å². The zero-order valence-electron chi connectivity index (χ0n) is 11.4. The van der Waals surface area contributed by atoms with Gasteiger partial charge in [0.1, 0.15) is 4.47 Å². The van der Waals surface area contributed by atoms with E-state index in [1.54, 1.807) is 20.2 Å². The number of anilines is 1. The number of ether oxygens (including phenoxy) is 1. The molecule has 2 N–H and O–H groups in total. The first-order chi connectivity index (χ1) is 8.95. The van der Waals surface area contributed by atoms with Gasteiger partial charge in [0.05, 0.1) is 31.1 Å². The standard InChI is InChI=1S/C12H20BrN3O3/c1-8(6-9(2)17)15-10-7-14-16(4-5-19-3)12(18)11(10)13/h7-9,15,17H,4-6H2,1-3H3. The summed E-state index contributed by atoms with van der Waals surface area (Å²) in [5.41, 5.74) is 0.429. The van der Waals surface area contributed by atoms with Crippen LogP contribution < -0.4 is 10.9 Å². The van der Waals surface area contributed by atoms with Gasteiger partial charge in [0, 0.05) is 13.2 Å². The smallest absolute Gasteiger partial charge is 0.283 e. The second-order valence-corrected chi connectivity index (χ2v) is 5.32. The summed E-state index contributed by atoms with van der Waals surface area (Å²) in [5, 5.41) is 16.5. The molecule has 2 unspecified atom stereocenters. The Kier molecular flexibility index (Phi) is 6.47. The third-order valence-corrected chi connectivity index (χ3v) is 3.36. The van der Waals surface area contributed by atoms with E-state index in [0.29, 0.717) is 29.7 Å². The highest BCUT2D eigenvalue weighted by Gasteiger charge is 2.12. The van der Waals surface area contributed by atoms with Crippen LogP contribution in [0.1, 0.15) is 20.3 Å².